The molecule has 1 aliphatic heterocycles. The van der Waals surface area contributed by atoms with Gasteiger partial charge >= 0.3 is 5.97 Å². The van der Waals surface area contributed by atoms with E-state index in [9.17, 15) is 9.59 Å². The fraction of sp³-hybridized carbons (Fsp3) is 0.385. The van der Waals surface area contributed by atoms with Gasteiger partial charge in [-0.15, -0.1) is 0 Å². The van der Waals surface area contributed by atoms with Gasteiger partial charge in [0.15, 0.2) is 6.10 Å². The number of benzene rings is 1. The summed E-state index contributed by atoms with van der Waals surface area (Å²) < 4.78 is 10.1. The molecule has 1 fully saturated rings. The molecule has 1 aromatic rings. The molecule has 0 saturated carbocycles. The molecule has 0 unspecified atom stereocenters. The lowest BCUT2D eigenvalue weighted by Crippen LogP contribution is -2.31. The van der Waals surface area contributed by atoms with Crippen molar-refractivity contribution < 1.29 is 19.1 Å². The van der Waals surface area contributed by atoms with Gasteiger partial charge in [0.25, 0.3) is 5.91 Å². The Morgan fingerprint density at radius 3 is 2.78 bits per heavy atom. The molecule has 1 aromatic carbocycles. The van der Waals surface area contributed by atoms with Gasteiger partial charge < -0.3 is 14.8 Å². The van der Waals surface area contributed by atoms with E-state index in [4.69, 9.17) is 9.47 Å². The third-order valence-corrected chi connectivity index (χ3v) is 2.76. The van der Waals surface area contributed by atoms with Crippen molar-refractivity contribution in [2.24, 2.45) is 0 Å². The number of carbonyl (C=O) groups is 2. The number of hydrogen-bond acceptors (Lipinski definition) is 4. The Bertz CT molecular complexity index is 432. The largest absolute Gasteiger partial charge is 0.449 e. The predicted molar refractivity (Wildman–Crippen MR) is 64.1 cm³/mol. The molecule has 2 atom stereocenters. The summed E-state index contributed by atoms with van der Waals surface area (Å²) in [5, 5.41) is 2.72. The van der Waals surface area contributed by atoms with Gasteiger partial charge in [0.2, 0.25) is 0 Å². The van der Waals surface area contributed by atoms with E-state index in [-0.39, 0.29) is 11.9 Å². The maximum Gasteiger partial charge on any atom is 0.338 e. The van der Waals surface area contributed by atoms with Gasteiger partial charge in [0.1, 0.15) is 0 Å². The summed E-state index contributed by atoms with van der Waals surface area (Å²) in [6, 6.07) is 8.53. The molecular weight excluding hydrogens is 234 g/mol. The molecule has 5 nitrogen and oxygen atoms in total. The number of esters is 1. The van der Waals surface area contributed by atoms with Crippen molar-refractivity contribution in [1.82, 2.24) is 5.32 Å². The molecular formula is C13H15NO4. The second-order valence-corrected chi connectivity index (χ2v) is 4.16. The molecule has 0 aromatic heterocycles. The van der Waals surface area contributed by atoms with Crippen LogP contribution in [0.1, 0.15) is 16.8 Å². The molecule has 0 aliphatic carbocycles. The average Bonchev–Trinajstić information content (AvgIpc) is 2.71. The molecule has 1 saturated heterocycles. The van der Waals surface area contributed by atoms with Crippen molar-refractivity contribution in [3.8, 4) is 0 Å². The zero-order chi connectivity index (χ0) is 13.0. The number of rotatable bonds is 4. The first kappa shape index (κ1) is 12.6. The van der Waals surface area contributed by atoms with Crippen LogP contribution in [-0.4, -0.2) is 37.7 Å². The third-order valence-electron chi connectivity index (χ3n) is 2.76. The molecule has 1 heterocycles. The smallest absolute Gasteiger partial charge is 0.338 e. The van der Waals surface area contributed by atoms with Crippen LogP contribution >= 0.6 is 0 Å². The van der Waals surface area contributed by atoms with Crippen molar-refractivity contribution in [3.05, 3.63) is 35.9 Å². The lowest BCUT2D eigenvalue weighted by molar-refractivity contribution is -0.126. The number of carbonyl (C=O) groups excluding carboxylic acids is 2. The Morgan fingerprint density at radius 2 is 2.11 bits per heavy atom. The van der Waals surface area contributed by atoms with Crippen LogP contribution in [0.15, 0.2) is 30.3 Å². The molecule has 1 N–H and O–H groups in total. The maximum absolute atomic E-state index is 11.8. The second kappa shape index (κ2) is 5.64. The monoisotopic (exact) mass is 249 g/mol. The second-order valence-electron chi connectivity index (χ2n) is 4.16. The van der Waals surface area contributed by atoms with Crippen molar-refractivity contribution >= 4 is 11.9 Å². The van der Waals surface area contributed by atoms with Crippen LogP contribution in [0.4, 0.5) is 0 Å². The van der Waals surface area contributed by atoms with Gasteiger partial charge in [-0.2, -0.15) is 0 Å². The quantitative estimate of drug-likeness (QED) is 0.800. The van der Waals surface area contributed by atoms with Gasteiger partial charge in [-0.1, -0.05) is 18.2 Å². The predicted octanol–water partition coefficient (Wildman–Crippen LogP) is 0.747. The summed E-state index contributed by atoms with van der Waals surface area (Å²) in [6.07, 6.45) is -0.275. The van der Waals surface area contributed by atoms with Gasteiger partial charge in [0.05, 0.1) is 18.2 Å². The van der Waals surface area contributed by atoms with Crippen LogP contribution in [0, 0.1) is 0 Å². The number of hydrogen-bond donors (Lipinski definition) is 1. The van der Waals surface area contributed by atoms with Crippen molar-refractivity contribution in [3.63, 3.8) is 0 Å². The maximum atomic E-state index is 11.8. The SMILES string of the molecule is COC[C@H]1C[C@@H](OC(=O)c2ccccc2)C(=O)N1. The minimum atomic E-state index is -0.724. The molecule has 96 valence electrons. The van der Waals surface area contributed by atoms with Gasteiger partial charge in [-0.3, -0.25) is 4.79 Å². The molecule has 0 spiro atoms. The van der Waals surface area contributed by atoms with E-state index >= 15 is 0 Å². The van der Waals surface area contributed by atoms with E-state index < -0.39 is 12.1 Å². The molecule has 0 radical (unpaired) electrons. The van der Waals surface area contributed by atoms with Crippen LogP contribution in [0.2, 0.25) is 0 Å². The fourth-order valence-corrected chi connectivity index (χ4v) is 1.90. The Labute approximate surface area is 105 Å². The Balaban J connectivity index is 1.94. The Kier molecular flexibility index (Phi) is 3.94. The van der Waals surface area contributed by atoms with E-state index in [2.05, 4.69) is 5.32 Å². The summed E-state index contributed by atoms with van der Waals surface area (Å²) >= 11 is 0. The molecule has 1 aliphatic rings. The van der Waals surface area contributed by atoms with Crippen molar-refractivity contribution in [2.75, 3.05) is 13.7 Å². The van der Waals surface area contributed by atoms with E-state index in [0.717, 1.165) is 0 Å². The van der Waals surface area contributed by atoms with Crippen LogP contribution in [0.25, 0.3) is 0 Å². The molecule has 18 heavy (non-hydrogen) atoms. The van der Waals surface area contributed by atoms with Gasteiger partial charge in [0, 0.05) is 13.5 Å². The summed E-state index contributed by atoms with van der Waals surface area (Å²) in [6.45, 7) is 0.422. The topological polar surface area (TPSA) is 64.6 Å². The van der Waals surface area contributed by atoms with Gasteiger partial charge in [-0.05, 0) is 12.1 Å². The normalized spacial score (nSPS) is 22.6. The third kappa shape index (κ3) is 2.87. The zero-order valence-corrected chi connectivity index (χ0v) is 10.1. The number of amides is 1. The van der Waals surface area contributed by atoms with Crippen LogP contribution in [-0.2, 0) is 14.3 Å². The van der Waals surface area contributed by atoms with E-state index in [1.165, 1.54) is 0 Å². The highest BCUT2D eigenvalue weighted by Gasteiger charge is 2.34. The average molecular weight is 249 g/mol. The number of ether oxygens (including phenoxy) is 2. The van der Waals surface area contributed by atoms with Crippen LogP contribution in [0.5, 0.6) is 0 Å². The molecule has 0 bridgehead atoms. The summed E-state index contributed by atoms with van der Waals surface area (Å²) in [4.78, 5) is 23.4. The Morgan fingerprint density at radius 1 is 1.39 bits per heavy atom. The Hall–Kier alpha value is -1.88. The first-order valence-corrected chi connectivity index (χ1v) is 5.76. The minimum absolute atomic E-state index is 0.0870. The van der Waals surface area contributed by atoms with Crippen LogP contribution < -0.4 is 5.32 Å². The van der Waals surface area contributed by atoms with Gasteiger partial charge in [-0.25, -0.2) is 4.79 Å². The molecule has 2 rings (SSSR count). The summed E-state index contributed by atoms with van der Waals surface area (Å²) in [5.41, 5.74) is 0.445. The van der Waals surface area contributed by atoms with Crippen molar-refractivity contribution in [1.29, 1.82) is 0 Å². The molecule has 5 heteroatoms. The fourth-order valence-electron chi connectivity index (χ4n) is 1.90. The number of nitrogens with one attached hydrogen (secondary N) is 1. The van der Waals surface area contributed by atoms with E-state index in [1.807, 2.05) is 6.07 Å². The van der Waals surface area contributed by atoms with E-state index in [1.54, 1.807) is 31.4 Å². The summed E-state index contributed by atoms with van der Waals surface area (Å²) in [5.74, 6) is -0.741. The van der Waals surface area contributed by atoms with Crippen LogP contribution in [0.3, 0.4) is 0 Å². The highest BCUT2D eigenvalue weighted by Crippen LogP contribution is 2.14. The van der Waals surface area contributed by atoms with E-state index in [0.29, 0.717) is 18.6 Å². The first-order valence-electron chi connectivity index (χ1n) is 5.76. The zero-order valence-electron chi connectivity index (χ0n) is 10.1. The standard InChI is InChI=1S/C13H15NO4/c1-17-8-10-7-11(12(15)14-10)18-13(16)9-5-3-2-4-6-9/h2-6,10-11H,7-8H2,1H3,(H,14,15)/t10-,11-/m1/s1. The lowest BCUT2D eigenvalue weighted by Gasteiger charge is -2.09. The first-order chi connectivity index (χ1) is 8.70. The lowest BCUT2D eigenvalue weighted by atomic mass is 10.2. The minimum Gasteiger partial charge on any atom is -0.449 e. The highest BCUT2D eigenvalue weighted by molar-refractivity contribution is 5.92. The molecule has 1 amide bonds. The van der Waals surface area contributed by atoms with Crippen molar-refractivity contribution in [2.45, 2.75) is 18.6 Å². The number of methoxy groups -OCH3 is 1. The summed E-state index contributed by atoms with van der Waals surface area (Å²) in [7, 11) is 1.56. The highest BCUT2D eigenvalue weighted by atomic mass is 16.5.